The molecule has 1 fully saturated rings. The quantitative estimate of drug-likeness (QED) is 0.794. The molecule has 0 aromatic carbocycles. The van der Waals surface area contributed by atoms with Gasteiger partial charge < -0.3 is 0 Å². The van der Waals surface area contributed by atoms with Crippen molar-refractivity contribution in [3.8, 4) is 0 Å². The predicted molar refractivity (Wildman–Crippen MR) is 80.0 cm³/mol. The largest absolute Gasteiger partial charge is 0.298 e. The van der Waals surface area contributed by atoms with Gasteiger partial charge in [-0.3, -0.25) is 10.1 Å². The van der Waals surface area contributed by atoms with Crippen LogP contribution in [0.2, 0.25) is 0 Å². The van der Waals surface area contributed by atoms with Crippen LogP contribution in [-0.2, 0) is 0 Å². The molecule has 1 aliphatic carbocycles. The third-order valence-corrected chi connectivity index (χ3v) is 4.32. The van der Waals surface area contributed by atoms with Crippen LogP contribution in [0.4, 0.5) is 13.9 Å². The van der Waals surface area contributed by atoms with Crippen molar-refractivity contribution in [1.82, 2.24) is 19.6 Å². The summed E-state index contributed by atoms with van der Waals surface area (Å²) >= 11 is 1.27. The van der Waals surface area contributed by atoms with Crippen LogP contribution in [0, 0.1) is 0 Å². The van der Waals surface area contributed by atoms with Crippen molar-refractivity contribution in [2.24, 2.45) is 0 Å². The van der Waals surface area contributed by atoms with E-state index in [-0.39, 0.29) is 22.8 Å². The van der Waals surface area contributed by atoms with Crippen LogP contribution < -0.4 is 5.32 Å². The molecule has 0 aliphatic heterocycles. The fourth-order valence-corrected chi connectivity index (χ4v) is 2.88. The van der Waals surface area contributed by atoms with Gasteiger partial charge in [0, 0.05) is 23.2 Å². The normalized spacial score (nSPS) is 14.6. The summed E-state index contributed by atoms with van der Waals surface area (Å²) in [6.07, 6.45) is 2.00. The standard InChI is InChI=1S/C14H11F2N5OS/c15-11(16)10-5-9(7-1-2-7)19-12-8(6-18-21(10)12)13(22)20-14-17-3-4-23-14/h3-7,11H,1-2H2,(H,17,20,22). The van der Waals surface area contributed by atoms with Gasteiger partial charge in [-0.25, -0.2) is 23.3 Å². The molecule has 0 bridgehead atoms. The highest BCUT2D eigenvalue weighted by Gasteiger charge is 2.29. The molecule has 0 unspecified atom stereocenters. The summed E-state index contributed by atoms with van der Waals surface area (Å²) in [7, 11) is 0. The molecule has 1 N–H and O–H groups in total. The Morgan fingerprint density at radius 2 is 2.26 bits per heavy atom. The molecule has 3 heterocycles. The molecule has 1 aliphatic rings. The summed E-state index contributed by atoms with van der Waals surface area (Å²) in [6.45, 7) is 0. The summed E-state index contributed by atoms with van der Waals surface area (Å²) in [5.74, 6) is -0.266. The second-order valence-electron chi connectivity index (χ2n) is 5.27. The van der Waals surface area contributed by atoms with E-state index < -0.39 is 12.3 Å². The lowest BCUT2D eigenvalue weighted by molar-refractivity contribution is 0.102. The SMILES string of the molecule is O=C(Nc1nccs1)c1cnn2c(C(F)F)cc(C3CC3)nc12. The molecule has 23 heavy (non-hydrogen) atoms. The molecular weight excluding hydrogens is 324 g/mol. The Morgan fingerprint density at radius 3 is 2.91 bits per heavy atom. The minimum absolute atomic E-state index is 0.152. The highest BCUT2D eigenvalue weighted by atomic mass is 32.1. The summed E-state index contributed by atoms with van der Waals surface area (Å²) < 4.78 is 27.6. The van der Waals surface area contributed by atoms with Gasteiger partial charge in [-0.2, -0.15) is 5.10 Å². The monoisotopic (exact) mass is 335 g/mol. The van der Waals surface area contributed by atoms with Gasteiger partial charge in [0.15, 0.2) is 10.8 Å². The first-order valence-electron chi connectivity index (χ1n) is 7.01. The Labute approximate surface area is 133 Å². The molecule has 1 amide bonds. The molecule has 118 valence electrons. The molecule has 3 aromatic rings. The van der Waals surface area contributed by atoms with Crippen LogP contribution >= 0.6 is 11.3 Å². The van der Waals surface area contributed by atoms with Gasteiger partial charge in [0.1, 0.15) is 11.3 Å². The maximum absolute atomic E-state index is 13.3. The lowest BCUT2D eigenvalue weighted by Crippen LogP contribution is -2.12. The van der Waals surface area contributed by atoms with Gasteiger partial charge in [-0.15, -0.1) is 11.3 Å². The van der Waals surface area contributed by atoms with Gasteiger partial charge in [-0.1, -0.05) is 0 Å². The minimum atomic E-state index is -2.69. The third kappa shape index (κ3) is 2.56. The number of hydrogen-bond acceptors (Lipinski definition) is 5. The molecule has 6 nitrogen and oxygen atoms in total. The zero-order chi connectivity index (χ0) is 16.0. The van der Waals surface area contributed by atoms with E-state index in [1.807, 2.05) is 0 Å². The average molecular weight is 335 g/mol. The van der Waals surface area contributed by atoms with Crippen molar-refractivity contribution in [2.45, 2.75) is 25.2 Å². The van der Waals surface area contributed by atoms with Crippen LogP contribution in [-0.4, -0.2) is 25.5 Å². The molecule has 4 rings (SSSR count). The number of halogens is 2. The number of fused-ring (bicyclic) bond motifs is 1. The number of anilines is 1. The second kappa shape index (κ2) is 5.34. The van der Waals surface area contributed by atoms with Gasteiger partial charge >= 0.3 is 0 Å². The lowest BCUT2D eigenvalue weighted by atomic mass is 10.2. The molecule has 9 heteroatoms. The smallest absolute Gasteiger partial charge is 0.280 e. The Balaban J connectivity index is 1.79. The van der Waals surface area contributed by atoms with Gasteiger partial charge in [0.2, 0.25) is 0 Å². The van der Waals surface area contributed by atoms with Gasteiger partial charge in [0.25, 0.3) is 12.3 Å². The Hall–Kier alpha value is -2.42. The van der Waals surface area contributed by atoms with E-state index in [1.165, 1.54) is 23.6 Å². The molecular formula is C14H11F2N5OS. The summed E-state index contributed by atoms with van der Waals surface area (Å²) in [4.78, 5) is 20.7. The summed E-state index contributed by atoms with van der Waals surface area (Å²) in [5, 5.41) is 8.68. The van der Waals surface area contributed by atoms with E-state index in [1.54, 1.807) is 11.6 Å². The second-order valence-corrected chi connectivity index (χ2v) is 6.16. The van der Waals surface area contributed by atoms with E-state index in [0.29, 0.717) is 10.8 Å². The summed E-state index contributed by atoms with van der Waals surface area (Å²) in [5.41, 5.74) is 0.658. The van der Waals surface area contributed by atoms with Crippen LogP contribution in [0.25, 0.3) is 5.65 Å². The van der Waals surface area contributed by atoms with Crippen molar-refractivity contribution in [3.63, 3.8) is 0 Å². The van der Waals surface area contributed by atoms with Crippen molar-refractivity contribution in [3.05, 3.63) is 40.8 Å². The fourth-order valence-electron chi connectivity index (χ4n) is 2.36. The zero-order valence-electron chi connectivity index (χ0n) is 11.7. The zero-order valence-corrected chi connectivity index (χ0v) is 12.6. The first-order chi connectivity index (χ1) is 11.1. The van der Waals surface area contributed by atoms with Crippen molar-refractivity contribution < 1.29 is 13.6 Å². The van der Waals surface area contributed by atoms with E-state index in [0.717, 1.165) is 17.4 Å². The molecule has 0 spiro atoms. The van der Waals surface area contributed by atoms with E-state index in [2.05, 4.69) is 20.4 Å². The number of nitrogens with zero attached hydrogens (tertiary/aromatic N) is 4. The minimum Gasteiger partial charge on any atom is -0.298 e. The molecule has 1 saturated carbocycles. The number of amides is 1. The number of nitrogens with one attached hydrogen (secondary N) is 1. The Morgan fingerprint density at radius 1 is 1.43 bits per heavy atom. The Bertz CT molecular complexity index is 873. The number of aromatic nitrogens is 4. The first-order valence-corrected chi connectivity index (χ1v) is 7.89. The number of carbonyl (C=O) groups excluding carboxylic acids is 1. The predicted octanol–water partition coefficient (Wildman–Crippen LogP) is 3.25. The number of carbonyl (C=O) groups is 1. The maximum Gasteiger partial charge on any atom is 0.280 e. The van der Waals surface area contributed by atoms with E-state index >= 15 is 0 Å². The molecule has 0 saturated heterocycles. The maximum atomic E-state index is 13.3. The van der Waals surface area contributed by atoms with Crippen LogP contribution in [0.3, 0.4) is 0 Å². The van der Waals surface area contributed by atoms with Gasteiger partial charge in [-0.05, 0) is 18.9 Å². The van der Waals surface area contributed by atoms with E-state index in [4.69, 9.17) is 0 Å². The molecule has 3 aromatic heterocycles. The van der Waals surface area contributed by atoms with E-state index in [9.17, 15) is 13.6 Å². The lowest BCUT2D eigenvalue weighted by Gasteiger charge is -2.07. The number of rotatable bonds is 4. The van der Waals surface area contributed by atoms with Crippen LogP contribution in [0.1, 0.15) is 46.9 Å². The van der Waals surface area contributed by atoms with Crippen molar-refractivity contribution >= 4 is 28.0 Å². The van der Waals surface area contributed by atoms with Crippen molar-refractivity contribution in [2.75, 3.05) is 5.32 Å². The van der Waals surface area contributed by atoms with Gasteiger partial charge in [0.05, 0.1) is 6.20 Å². The number of thiazole rings is 1. The highest BCUT2D eigenvalue weighted by molar-refractivity contribution is 7.13. The topological polar surface area (TPSA) is 72.2 Å². The average Bonchev–Trinajstić information content (AvgIpc) is 3.09. The molecule has 0 radical (unpaired) electrons. The highest BCUT2D eigenvalue weighted by Crippen LogP contribution is 2.40. The molecule has 0 atom stereocenters. The van der Waals surface area contributed by atoms with Crippen LogP contribution in [0.5, 0.6) is 0 Å². The van der Waals surface area contributed by atoms with Crippen LogP contribution in [0.15, 0.2) is 23.8 Å². The third-order valence-electron chi connectivity index (χ3n) is 3.64. The van der Waals surface area contributed by atoms with Crippen molar-refractivity contribution in [1.29, 1.82) is 0 Å². The number of alkyl halides is 2. The first kappa shape index (κ1) is 14.2. The number of hydrogen-bond donors (Lipinski definition) is 1. The fraction of sp³-hybridized carbons (Fsp3) is 0.286. The Kier molecular flexibility index (Phi) is 3.29. The summed E-state index contributed by atoms with van der Waals surface area (Å²) in [6, 6.07) is 1.38.